The summed E-state index contributed by atoms with van der Waals surface area (Å²) >= 11 is 0. The maximum Gasteiger partial charge on any atom is 0.317 e. The van der Waals surface area contributed by atoms with Crippen molar-refractivity contribution < 1.29 is 14.1 Å². The van der Waals surface area contributed by atoms with Crippen LogP contribution in [0.4, 0.5) is 4.79 Å². The molecule has 2 saturated heterocycles. The van der Waals surface area contributed by atoms with Gasteiger partial charge in [-0.15, -0.1) is 0 Å². The predicted molar refractivity (Wildman–Crippen MR) is 56.3 cm³/mol. The molecule has 7 heteroatoms. The SMILES string of the molecule is O=C(c1ccno1)N1CCN2C(=O)NC[C@H]2C1. The fraction of sp³-hybridized carbons (Fsp3) is 0.500. The number of nitrogens with zero attached hydrogens (tertiary/aromatic N) is 3. The van der Waals surface area contributed by atoms with Crippen molar-refractivity contribution in [3.05, 3.63) is 18.0 Å². The van der Waals surface area contributed by atoms with Gasteiger partial charge in [0.2, 0.25) is 5.76 Å². The fourth-order valence-electron chi connectivity index (χ4n) is 2.27. The Morgan fingerprint density at radius 2 is 2.41 bits per heavy atom. The smallest absolute Gasteiger partial charge is 0.317 e. The number of hydrogen-bond acceptors (Lipinski definition) is 4. The summed E-state index contributed by atoms with van der Waals surface area (Å²) in [7, 11) is 0. The van der Waals surface area contributed by atoms with E-state index in [-0.39, 0.29) is 23.7 Å². The van der Waals surface area contributed by atoms with Crippen molar-refractivity contribution in [3.8, 4) is 0 Å². The highest BCUT2D eigenvalue weighted by atomic mass is 16.5. The molecule has 0 aromatic carbocycles. The van der Waals surface area contributed by atoms with Crippen LogP contribution in [0.25, 0.3) is 0 Å². The second-order valence-electron chi connectivity index (χ2n) is 4.16. The standard InChI is InChI=1S/C10H12N4O3/c15-9(8-1-2-12-17-8)13-3-4-14-7(6-13)5-11-10(14)16/h1-2,7H,3-6H2,(H,11,16)/t7-/m0/s1. The zero-order chi connectivity index (χ0) is 11.8. The van der Waals surface area contributed by atoms with Crippen molar-refractivity contribution in [2.24, 2.45) is 0 Å². The van der Waals surface area contributed by atoms with Gasteiger partial charge in [-0.1, -0.05) is 5.16 Å². The first-order valence-corrected chi connectivity index (χ1v) is 5.50. The van der Waals surface area contributed by atoms with Crippen LogP contribution in [0, 0.1) is 0 Å². The molecule has 1 atom stereocenters. The molecule has 0 aliphatic carbocycles. The quantitative estimate of drug-likeness (QED) is 0.714. The van der Waals surface area contributed by atoms with Crippen LogP contribution in [0.5, 0.6) is 0 Å². The summed E-state index contributed by atoms with van der Waals surface area (Å²) in [5.74, 6) is 0.0808. The van der Waals surface area contributed by atoms with Crippen LogP contribution in [0.3, 0.4) is 0 Å². The van der Waals surface area contributed by atoms with Crippen LogP contribution in [-0.2, 0) is 0 Å². The average molecular weight is 236 g/mol. The van der Waals surface area contributed by atoms with Gasteiger partial charge in [0.15, 0.2) is 0 Å². The van der Waals surface area contributed by atoms with E-state index in [1.54, 1.807) is 15.9 Å². The van der Waals surface area contributed by atoms with Crippen molar-refractivity contribution >= 4 is 11.9 Å². The highest BCUT2D eigenvalue weighted by Crippen LogP contribution is 2.16. The largest absolute Gasteiger partial charge is 0.351 e. The Morgan fingerprint density at radius 1 is 1.53 bits per heavy atom. The Morgan fingerprint density at radius 3 is 3.18 bits per heavy atom. The van der Waals surface area contributed by atoms with E-state index in [4.69, 9.17) is 4.52 Å². The topological polar surface area (TPSA) is 78.7 Å². The zero-order valence-corrected chi connectivity index (χ0v) is 9.13. The number of rotatable bonds is 1. The molecule has 3 heterocycles. The minimum Gasteiger partial charge on any atom is -0.351 e. The van der Waals surface area contributed by atoms with Crippen molar-refractivity contribution in [2.45, 2.75) is 6.04 Å². The molecule has 0 saturated carbocycles. The second-order valence-corrected chi connectivity index (χ2v) is 4.16. The number of fused-ring (bicyclic) bond motifs is 1. The molecule has 0 bridgehead atoms. The molecule has 1 aromatic heterocycles. The number of nitrogens with one attached hydrogen (secondary N) is 1. The molecule has 90 valence electrons. The van der Waals surface area contributed by atoms with Gasteiger partial charge >= 0.3 is 6.03 Å². The van der Waals surface area contributed by atoms with Gasteiger partial charge in [0.1, 0.15) is 0 Å². The zero-order valence-electron chi connectivity index (χ0n) is 9.13. The third-order valence-corrected chi connectivity index (χ3v) is 3.17. The van der Waals surface area contributed by atoms with Gasteiger partial charge in [0.05, 0.1) is 12.2 Å². The van der Waals surface area contributed by atoms with Crippen molar-refractivity contribution in [1.29, 1.82) is 0 Å². The third kappa shape index (κ3) is 1.63. The number of carbonyl (C=O) groups is 2. The molecule has 0 unspecified atom stereocenters. The Hall–Kier alpha value is -2.05. The van der Waals surface area contributed by atoms with Crippen molar-refractivity contribution in [1.82, 2.24) is 20.3 Å². The molecular formula is C10H12N4O3. The maximum atomic E-state index is 12.0. The number of urea groups is 1. The number of carbonyl (C=O) groups excluding carboxylic acids is 2. The molecule has 0 radical (unpaired) electrons. The monoisotopic (exact) mass is 236 g/mol. The molecule has 1 aromatic rings. The van der Waals surface area contributed by atoms with E-state index in [0.29, 0.717) is 26.2 Å². The lowest BCUT2D eigenvalue weighted by Crippen LogP contribution is -2.53. The predicted octanol–water partition coefficient (Wildman–Crippen LogP) is -0.476. The number of hydrogen-bond donors (Lipinski definition) is 1. The van der Waals surface area contributed by atoms with Crippen LogP contribution in [0.15, 0.2) is 16.8 Å². The van der Waals surface area contributed by atoms with E-state index in [1.165, 1.54) is 6.20 Å². The number of aromatic nitrogens is 1. The minimum absolute atomic E-state index is 0.0400. The second kappa shape index (κ2) is 3.76. The number of amides is 3. The van der Waals surface area contributed by atoms with Gasteiger partial charge in [-0.05, 0) is 0 Å². The molecular weight excluding hydrogens is 224 g/mol. The summed E-state index contributed by atoms with van der Waals surface area (Å²) in [4.78, 5) is 26.9. The van der Waals surface area contributed by atoms with E-state index < -0.39 is 0 Å². The Kier molecular flexibility index (Phi) is 2.24. The van der Waals surface area contributed by atoms with Crippen LogP contribution in [-0.4, -0.2) is 59.1 Å². The van der Waals surface area contributed by atoms with E-state index in [9.17, 15) is 9.59 Å². The Balaban J connectivity index is 1.71. The van der Waals surface area contributed by atoms with E-state index in [1.807, 2.05) is 0 Å². The van der Waals surface area contributed by atoms with Gasteiger partial charge in [0, 0.05) is 32.2 Å². The fourth-order valence-corrected chi connectivity index (χ4v) is 2.27. The van der Waals surface area contributed by atoms with Gasteiger partial charge in [-0.3, -0.25) is 4.79 Å². The lowest BCUT2D eigenvalue weighted by Gasteiger charge is -2.35. The molecule has 17 heavy (non-hydrogen) atoms. The van der Waals surface area contributed by atoms with Crippen LogP contribution < -0.4 is 5.32 Å². The molecule has 2 aliphatic heterocycles. The maximum absolute atomic E-state index is 12.0. The molecule has 1 N–H and O–H groups in total. The molecule has 2 aliphatic rings. The molecule has 7 nitrogen and oxygen atoms in total. The lowest BCUT2D eigenvalue weighted by atomic mass is 10.2. The minimum atomic E-state index is -0.165. The van der Waals surface area contributed by atoms with Crippen LogP contribution >= 0.6 is 0 Å². The summed E-state index contributed by atoms with van der Waals surface area (Å²) in [6.45, 7) is 2.23. The summed E-state index contributed by atoms with van der Waals surface area (Å²) in [6.07, 6.45) is 1.45. The summed E-state index contributed by atoms with van der Waals surface area (Å²) in [6, 6.07) is 1.58. The first kappa shape index (κ1) is 10.1. The Labute approximate surface area is 97.3 Å². The van der Waals surface area contributed by atoms with Crippen molar-refractivity contribution in [2.75, 3.05) is 26.2 Å². The van der Waals surface area contributed by atoms with Gasteiger partial charge < -0.3 is 19.6 Å². The normalized spacial score (nSPS) is 23.5. The van der Waals surface area contributed by atoms with Gasteiger partial charge in [-0.25, -0.2) is 4.79 Å². The molecule has 3 amide bonds. The molecule has 0 spiro atoms. The highest BCUT2D eigenvalue weighted by Gasteiger charge is 2.37. The van der Waals surface area contributed by atoms with Gasteiger partial charge in [0.25, 0.3) is 5.91 Å². The summed E-state index contributed by atoms with van der Waals surface area (Å²) in [5.41, 5.74) is 0. The van der Waals surface area contributed by atoms with E-state index in [0.717, 1.165) is 0 Å². The highest BCUT2D eigenvalue weighted by molar-refractivity contribution is 5.91. The van der Waals surface area contributed by atoms with Crippen LogP contribution in [0.2, 0.25) is 0 Å². The molecule has 2 fully saturated rings. The van der Waals surface area contributed by atoms with Gasteiger partial charge in [-0.2, -0.15) is 0 Å². The first-order chi connectivity index (χ1) is 8.25. The third-order valence-electron chi connectivity index (χ3n) is 3.17. The average Bonchev–Trinajstić information content (AvgIpc) is 2.98. The summed E-state index contributed by atoms with van der Waals surface area (Å²) in [5, 5.41) is 6.29. The lowest BCUT2D eigenvalue weighted by molar-refractivity contribution is 0.0577. The van der Waals surface area contributed by atoms with E-state index >= 15 is 0 Å². The first-order valence-electron chi connectivity index (χ1n) is 5.50. The molecule has 3 rings (SSSR count). The van der Waals surface area contributed by atoms with Crippen LogP contribution in [0.1, 0.15) is 10.6 Å². The van der Waals surface area contributed by atoms with Crippen molar-refractivity contribution in [3.63, 3.8) is 0 Å². The summed E-state index contributed by atoms with van der Waals surface area (Å²) < 4.78 is 4.84. The van der Waals surface area contributed by atoms with E-state index in [2.05, 4.69) is 10.5 Å². The Bertz CT molecular complexity index is 444. The number of piperazine rings is 1.